The van der Waals surface area contributed by atoms with Crippen LogP contribution in [0.1, 0.15) is 29.0 Å². The number of pyridine rings is 1. The first kappa shape index (κ1) is 19.7. The van der Waals surface area contributed by atoms with Crippen molar-refractivity contribution in [1.29, 1.82) is 10.5 Å². The van der Waals surface area contributed by atoms with Crippen LogP contribution < -0.4 is 5.32 Å². The van der Waals surface area contributed by atoms with Gasteiger partial charge in [0.25, 0.3) is 0 Å². The van der Waals surface area contributed by atoms with Gasteiger partial charge in [-0.2, -0.15) is 10.5 Å². The summed E-state index contributed by atoms with van der Waals surface area (Å²) in [6, 6.07) is 12.7. The number of benzene rings is 1. The number of nitriles is 2. The van der Waals surface area contributed by atoms with E-state index in [1.165, 1.54) is 5.56 Å². The van der Waals surface area contributed by atoms with Gasteiger partial charge in [-0.25, -0.2) is 4.98 Å². The van der Waals surface area contributed by atoms with Gasteiger partial charge in [-0.15, -0.1) is 11.8 Å². The van der Waals surface area contributed by atoms with Gasteiger partial charge in [-0.05, 0) is 17.5 Å². The second-order valence-electron chi connectivity index (χ2n) is 7.26. The molecule has 3 heterocycles. The first-order valence-corrected chi connectivity index (χ1v) is 10.7. The Morgan fingerprint density at radius 3 is 2.41 bits per heavy atom. The van der Waals surface area contributed by atoms with Gasteiger partial charge < -0.3 is 14.8 Å². The zero-order valence-corrected chi connectivity index (χ0v) is 17.1. The quantitative estimate of drug-likeness (QED) is 0.730. The first-order chi connectivity index (χ1) is 14.2. The molecule has 148 valence electrons. The first-order valence-electron chi connectivity index (χ1n) is 9.69. The van der Waals surface area contributed by atoms with Crippen LogP contribution in [0.5, 0.6) is 0 Å². The number of thioether (sulfide) groups is 1. The highest BCUT2D eigenvalue weighted by Gasteiger charge is 2.24. The standard InChI is InChI=1S/C22H22N4O2S/c1-25-21-18(8-23)20(16-4-2-15(3-5-16)17-6-7-27-12-17)19(9-24)22(26-21)29-13-14-10-28-11-14/h2-5,14,17H,6-7,10-13H2,1H3,(H,25,26)/t17-/m1/s1. The molecule has 2 aliphatic rings. The van der Waals surface area contributed by atoms with Crippen molar-refractivity contribution < 1.29 is 9.47 Å². The van der Waals surface area contributed by atoms with E-state index < -0.39 is 0 Å². The molecule has 4 rings (SSSR count). The minimum atomic E-state index is 0.400. The molecule has 6 nitrogen and oxygen atoms in total. The molecule has 0 saturated carbocycles. The summed E-state index contributed by atoms with van der Waals surface area (Å²) in [4.78, 5) is 4.58. The van der Waals surface area contributed by atoms with Crippen LogP contribution in [-0.2, 0) is 9.47 Å². The van der Waals surface area contributed by atoms with Gasteiger partial charge in [0, 0.05) is 36.8 Å². The molecule has 0 radical (unpaired) electrons. The molecule has 0 spiro atoms. The predicted octanol–water partition coefficient (Wildman–Crippen LogP) is 3.78. The Hall–Kier alpha value is -2.58. The fourth-order valence-electron chi connectivity index (χ4n) is 3.65. The topological polar surface area (TPSA) is 91.0 Å². The predicted molar refractivity (Wildman–Crippen MR) is 112 cm³/mol. The molecule has 0 bridgehead atoms. The van der Waals surface area contributed by atoms with Crippen LogP contribution in [0.3, 0.4) is 0 Å². The Bertz CT molecular complexity index is 968. The molecule has 7 heteroatoms. The van der Waals surface area contributed by atoms with Crippen LogP contribution in [-0.4, -0.2) is 44.2 Å². The lowest BCUT2D eigenvalue weighted by Crippen LogP contribution is -2.29. The number of hydrogen-bond donors (Lipinski definition) is 1. The Balaban J connectivity index is 1.75. The van der Waals surface area contributed by atoms with Crippen molar-refractivity contribution in [3.8, 4) is 23.3 Å². The lowest BCUT2D eigenvalue weighted by molar-refractivity contribution is -0.0196. The van der Waals surface area contributed by atoms with Crippen LogP contribution >= 0.6 is 11.8 Å². The van der Waals surface area contributed by atoms with E-state index in [1.807, 2.05) is 12.1 Å². The maximum absolute atomic E-state index is 9.93. The highest BCUT2D eigenvalue weighted by atomic mass is 32.2. The van der Waals surface area contributed by atoms with Crippen molar-refractivity contribution in [2.24, 2.45) is 5.92 Å². The van der Waals surface area contributed by atoms with Crippen LogP contribution in [0.2, 0.25) is 0 Å². The molecule has 2 aliphatic heterocycles. The summed E-state index contributed by atoms with van der Waals surface area (Å²) in [5, 5.41) is 23.4. The summed E-state index contributed by atoms with van der Waals surface area (Å²) < 4.78 is 10.7. The maximum Gasteiger partial charge on any atom is 0.145 e. The van der Waals surface area contributed by atoms with Gasteiger partial charge in [-0.1, -0.05) is 24.3 Å². The molecule has 1 aromatic carbocycles. The summed E-state index contributed by atoms with van der Waals surface area (Å²) in [5.41, 5.74) is 3.59. The fourth-order valence-corrected chi connectivity index (χ4v) is 4.68. The summed E-state index contributed by atoms with van der Waals surface area (Å²) in [5.74, 6) is 2.24. The molecule has 1 aromatic heterocycles. The van der Waals surface area contributed by atoms with Gasteiger partial charge in [0.15, 0.2) is 0 Å². The fraction of sp³-hybridized carbons (Fsp3) is 0.409. The van der Waals surface area contributed by atoms with Gasteiger partial charge in [0.2, 0.25) is 0 Å². The summed E-state index contributed by atoms with van der Waals surface area (Å²) in [7, 11) is 1.75. The second-order valence-corrected chi connectivity index (χ2v) is 8.27. The van der Waals surface area contributed by atoms with Gasteiger partial charge >= 0.3 is 0 Å². The smallest absolute Gasteiger partial charge is 0.145 e. The molecule has 29 heavy (non-hydrogen) atoms. The highest BCUT2D eigenvalue weighted by molar-refractivity contribution is 7.99. The zero-order valence-electron chi connectivity index (χ0n) is 16.3. The van der Waals surface area contributed by atoms with E-state index in [9.17, 15) is 10.5 Å². The van der Waals surface area contributed by atoms with Crippen LogP contribution in [0.15, 0.2) is 29.3 Å². The Morgan fingerprint density at radius 1 is 1.10 bits per heavy atom. The van der Waals surface area contributed by atoms with E-state index in [1.54, 1.807) is 18.8 Å². The van der Waals surface area contributed by atoms with Crippen LogP contribution in [0, 0.1) is 28.6 Å². The molecule has 0 amide bonds. The van der Waals surface area contributed by atoms with Gasteiger partial charge in [-0.3, -0.25) is 0 Å². The summed E-state index contributed by atoms with van der Waals surface area (Å²) in [6.45, 7) is 3.05. The van der Waals surface area contributed by atoms with Crippen molar-refractivity contribution in [2.45, 2.75) is 17.4 Å². The SMILES string of the molecule is CNc1nc(SCC2COC2)c(C#N)c(-c2ccc([C@@H]3CCOC3)cc2)c1C#N. The van der Waals surface area contributed by atoms with E-state index in [0.717, 1.165) is 44.2 Å². The molecule has 1 N–H and O–H groups in total. The second kappa shape index (κ2) is 8.84. The van der Waals surface area contributed by atoms with E-state index in [2.05, 4.69) is 34.6 Å². The molecule has 2 fully saturated rings. The molecular formula is C22H22N4O2S. The maximum atomic E-state index is 9.93. The van der Waals surface area contributed by atoms with Gasteiger partial charge in [0.1, 0.15) is 28.5 Å². The Morgan fingerprint density at radius 2 is 1.86 bits per heavy atom. The van der Waals surface area contributed by atoms with Crippen molar-refractivity contribution >= 4 is 17.6 Å². The number of rotatable bonds is 6. The van der Waals surface area contributed by atoms with Crippen LogP contribution in [0.4, 0.5) is 5.82 Å². The number of nitrogens with one attached hydrogen (secondary N) is 1. The van der Waals surface area contributed by atoms with E-state index in [-0.39, 0.29) is 0 Å². The minimum Gasteiger partial charge on any atom is -0.381 e. The molecule has 2 aromatic rings. The Kier molecular flexibility index (Phi) is 6.01. The third-order valence-electron chi connectivity index (χ3n) is 5.39. The third kappa shape index (κ3) is 3.95. The van der Waals surface area contributed by atoms with E-state index in [4.69, 9.17) is 9.47 Å². The largest absolute Gasteiger partial charge is 0.381 e. The Labute approximate surface area is 174 Å². The molecule has 1 atom stereocenters. The van der Waals surface area contributed by atoms with Gasteiger partial charge in [0.05, 0.1) is 25.4 Å². The van der Waals surface area contributed by atoms with E-state index >= 15 is 0 Å². The average Bonchev–Trinajstić information content (AvgIpc) is 3.26. The van der Waals surface area contributed by atoms with Crippen molar-refractivity contribution in [3.63, 3.8) is 0 Å². The number of anilines is 1. The van der Waals surface area contributed by atoms with Crippen molar-refractivity contribution in [3.05, 3.63) is 41.0 Å². The molecular weight excluding hydrogens is 384 g/mol. The number of aromatic nitrogens is 1. The minimum absolute atomic E-state index is 0.400. The van der Waals surface area contributed by atoms with Crippen molar-refractivity contribution in [1.82, 2.24) is 4.98 Å². The number of nitrogens with zero attached hydrogens (tertiary/aromatic N) is 3. The monoisotopic (exact) mass is 406 g/mol. The van der Waals surface area contributed by atoms with Crippen LogP contribution in [0.25, 0.3) is 11.1 Å². The van der Waals surface area contributed by atoms with Crippen molar-refractivity contribution in [2.75, 3.05) is 44.5 Å². The summed E-state index contributed by atoms with van der Waals surface area (Å²) in [6.07, 6.45) is 1.02. The zero-order chi connectivity index (χ0) is 20.2. The highest BCUT2D eigenvalue weighted by Crippen LogP contribution is 2.38. The normalized spacial score (nSPS) is 18.7. The number of ether oxygens (including phenoxy) is 2. The third-order valence-corrected chi connectivity index (χ3v) is 6.59. The molecule has 2 saturated heterocycles. The average molecular weight is 407 g/mol. The number of hydrogen-bond acceptors (Lipinski definition) is 7. The lowest BCUT2D eigenvalue weighted by Gasteiger charge is -2.25. The molecule has 0 aliphatic carbocycles. The molecule has 0 unspecified atom stereocenters. The lowest BCUT2D eigenvalue weighted by atomic mass is 9.92. The summed E-state index contributed by atoms with van der Waals surface area (Å²) >= 11 is 1.56. The van der Waals surface area contributed by atoms with E-state index in [0.29, 0.717) is 39.4 Å².